The van der Waals surface area contributed by atoms with Gasteiger partial charge in [-0.2, -0.15) is 0 Å². The molecule has 94 valence electrons. The number of carbonyl (C=O) groups excluding carboxylic acids is 1. The molecule has 0 bridgehead atoms. The maximum absolute atomic E-state index is 10.7. The molecule has 0 radical (unpaired) electrons. The fourth-order valence-corrected chi connectivity index (χ4v) is 1.97. The first kappa shape index (κ1) is 14.3. The fourth-order valence-electron chi connectivity index (χ4n) is 1.35. The average molecular weight is 278 g/mol. The largest absolute Gasteiger partial charge is 0.388 e. The third-order valence-corrected chi connectivity index (χ3v) is 2.88. The van der Waals surface area contributed by atoms with Gasteiger partial charge in [0.15, 0.2) is 0 Å². The second kappa shape index (κ2) is 6.21. The van der Waals surface area contributed by atoms with Crippen molar-refractivity contribution in [1.29, 1.82) is 0 Å². The van der Waals surface area contributed by atoms with Gasteiger partial charge in [-0.15, -0.1) is 0 Å². The number of aliphatic hydroxyl groups is 2. The van der Waals surface area contributed by atoms with Crippen LogP contribution >= 0.6 is 23.2 Å². The van der Waals surface area contributed by atoms with Gasteiger partial charge < -0.3 is 15.5 Å². The zero-order valence-electron chi connectivity index (χ0n) is 9.15. The number of halogens is 2. The molecule has 6 heteroatoms. The maximum atomic E-state index is 10.7. The van der Waals surface area contributed by atoms with Crippen molar-refractivity contribution in [1.82, 2.24) is 5.32 Å². The summed E-state index contributed by atoms with van der Waals surface area (Å²) < 4.78 is 0. The summed E-state index contributed by atoms with van der Waals surface area (Å²) in [6.45, 7) is 1.25. The van der Waals surface area contributed by atoms with Gasteiger partial charge in [0.2, 0.25) is 5.91 Å². The van der Waals surface area contributed by atoms with E-state index in [0.29, 0.717) is 0 Å². The Kier molecular flexibility index (Phi) is 5.21. The van der Waals surface area contributed by atoms with E-state index in [1.807, 2.05) is 0 Å². The number of carbonyl (C=O) groups is 1. The summed E-state index contributed by atoms with van der Waals surface area (Å²) in [6.07, 6.45) is -2.42. The van der Waals surface area contributed by atoms with Crippen molar-refractivity contribution >= 4 is 29.1 Å². The molecule has 3 N–H and O–H groups in total. The van der Waals surface area contributed by atoms with Gasteiger partial charge in [-0.1, -0.05) is 29.3 Å². The molecule has 0 aromatic heterocycles. The van der Waals surface area contributed by atoms with Gasteiger partial charge in [-0.3, -0.25) is 4.79 Å². The van der Waals surface area contributed by atoms with Crippen LogP contribution in [0, 0.1) is 0 Å². The van der Waals surface area contributed by atoms with Gasteiger partial charge in [0.1, 0.15) is 12.2 Å². The second-order valence-corrected chi connectivity index (χ2v) is 4.40. The Morgan fingerprint density at radius 2 is 1.88 bits per heavy atom. The molecule has 1 amide bonds. The summed E-state index contributed by atoms with van der Waals surface area (Å²) in [5.41, 5.74) is 0.258. The minimum Gasteiger partial charge on any atom is -0.388 e. The molecular formula is C11H13Cl2NO3. The summed E-state index contributed by atoms with van der Waals surface area (Å²) in [4.78, 5) is 10.7. The van der Waals surface area contributed by atoms with Crippen molar-refractivity contribution in [3.63, 3.8) is 0 Å². The molecule has 17 heavy (non-hydrogen) atoms. The Morgan fingerprint density at radius 1 is 1.35 bits per heavy atom. The number of nitrogens with one attached hydrogen (secondary N) is 1. The normalized spacial score (nSPS) is 14.2. The van der Waals surface area contributed by atoms with Crippen LogP contribution < -0.4 is 5.32 Å². The Labute approximate surface area is 109 Å². The molecule has 0 heterocycles. The van der Waals surface area contributed by atoms with Crippen LogP contribution in [0.3, 0.4) is 0 Å². The smallest absolute Gasteiger partial charge is 0.216 e. The Balaban J connectivity index is 2.81. The Hall–Kier alpha value is -0.810. The number of rotatable bonds is 4. The van der Waals surface area contributed by atoms with Crippen LogP contribution in [-0.2, 0) is 4.79 Å². The number of benzene rings is 1. The zero-order chi connectivity index (χ0) is 13.0. The monoisotopic (exact) mass is 277 g/mol. The average Bonchev–Trinajstić information content (AvgIpc) is 2.25. The summed E-state index contributed by atoms with van der Waals surface area (Å²) in [5, 5.41) is 22.5. The number of amides is 1. The third-order valence-electron chi connectivity index (χ3n) is 2.22. The van der Waals surface area contributed by atoms with Gasteiger partial charge in [0.25, 0.3) is 0 Å². The van der Waals surface area contributed by atoms with E-state index in [0.717, 1.165) is 0 Å². The van der Waals surface area contributed by atoms with Crippen molar-refractivity contribution in [2.75, 3.05) is 6.54 Å². The molecule has 0 fully saturated rings. The van der Waals surface area contributed by atoms with Crippen molar-refractivity contribution in [2.45, 2.75) is 19.1 Å². The quantitative estimate of drug-likeness (QED) is 0.782. The van der Waals surface area contributed by atoms with Gasteiger partial charge >= 0.3 is 0 Å². The Morgan fingerprint density at radius 3 is 2.35 bits per heavy atom. The zero-order valence-corrected chi connectivity index (χ0v) is 10.7. The molecule has 2 atom stereocenters. The van der Waals surface area contributed by atoms with Crippen LogP contribution in [0.5, 0.6) is 0 Å². The molecule has 1 rings (SSSR count). The predicted molar refractivity (Wildman–Crippen MR) is 66.1 cm³/mol. The van der Waals surface area contributed by atoms with E-state index in [-0.39, 0.29) is 28.1 Å². The van der Waals surface area contributed by atoms with Gasteiger partial charge in [0, 0.05) is 29.1 Å². The molecular weight excluding hydrogens is 265 g/mol. The molecule has 1 aromatic carbocycles. The molecule has 0 aliphatic carbocycles. The molecule has 0 spiro atoms. The van der Waals surface area contributed by atoms with Crippen LogP contribution in [-0.4, -0.2) is 28.8 Å². The van der Waals surface area contributed by atoms with E-state index < -0.39 is 12.2 Å². The first-order valence-corrected chi connectivity index (χ1v) is 5.73. The number of hydrogen-bond acceptors (Lipinski definition) is 3. The van der Waals surface area contributed by atoms with Crippen molar-refractivity contribution in [3.8, 4) is 0 Å². The molecule has 0 aliphatic rings. The number of hydrogen-bond donors (Lipinski definition) is 3. The van der Waals surface area contributed by atoms with Gasteiger partial charge in [0.05, 0.1) is 0 Å². The third kappa shape index (κ3) is 3.85. The van der Waals surface area contributed by atoms with E-state index in [9.17, 15) is 15.0 Å². The molecule has 0 aliphatic heterocycles. The van der Waals surface area contributed by atoms with Crippen LogP contribution in [0.1, 0.15) is 18.6 Å². The molecule has 0 saturated heterocycles. The minimum absolute atomic E-state index is 0.0714. The van der Waals surface area contributed by atoms with Crippen LogP contribution in [0.2, 0.25) is 10.0 Å². The van der Waals surface area contributed by atoms with E-state index in [1.54, 1.807) is 18.2 Å². The minimum atomic E-state index is -1.25. The summed E-state index contributed by atoms with van der Waals surface area (Å²) >= 11 is 11.8. The van der Waals surface area contributed by atoms with Crippen LogP contribution in [0.25, 0.3) is 0 Å². The highest BCUT2D eigenvalue weighted by Crippen LogP contribution is 2.31. The topological polar surface area (TPSA) is 69.6 Å². The van der Waals surface area contributed by atoms with Gasteiger partial charge in [-0.25, -0.2) is 0 Å². The molecule has 0 saturated carbocycles. The predicted octanol–water partition coefficient (Wildman–Crippen LogP) is 1.52. The SMILES string of the molecule is CC(=O)NCC(O)C(O)c1c(Cl)cccc1Cl. The molecule has 2 unspecified atom stereocenters. The lowest BCUT2D eigenvalue weighted by atomic mass is 10.0. The molecule has 1 aromatic rings. The highest BCUT2D eigenvalue weighted by atomic mass is 35.5. The lowest BCUT2D eigenvalue weighted by Gasteiger charge is -2.20. The Bertz CT molecular complexity index is 391. The summed E-state index contributed by atoms with van der Waals surface area (Å²) in [6, 6.07) is 4.77. The van der Waals surface area contributed by atoms with Crippen molar-refractivity contribution in [3.05, 3.63) is 33.8 Å². The number of aliphatic hydroxyl groups excluding tert-OH is 2. The highest BCUT2D eigenvalue weighted by Gasteiger charge is 2.23. The maximum Gasteiger partial charge on any atom is 0.216 e. The second-order valence-electron chi connectivity index (χ2n) is 3.58. The van der Waals surface area contributed by atoms with E-state index in [2.05, 4.69) is 5.32 Å². The summed E-state index contributed by atoms with van der Waals surface area (Å²) in [5.74, 6) is -0.290. The van der Waals surface area contributed by atoms with E-state index >= 15 is 0 Å². The lowest BCUT2D eigenvalue weighted by Crippen LogP contribution is -2.34. The van der Waals surface area contributed by atoms with E-state index in [1.165, 1.54) is 6.92 Å². The van der Waals surface area contributed by atoms with E-state index in [4.69, 9.17) is 23.2 Å². The first-order chi connectivity index (χ1) is 7.93. The van der Waals surface area contributed by atoms with Gasteiger partial charge in [-0.05, 0) is 12.1 Å². The molecule has 4 nitrogen and oxygen atoms in total. The fraction of sp³-hybridized carbons (Fsp3) is 0.364. The van der Waals surface area contributed by atoms with Crippen LogP contribution in [0.15, 0.2) is 18.2 Å². The van der Waals surface area contributed by atoms with Crippen molar-refractivity contribution in [2.24, 2.45) is 0 Å². The first-order valence-electron chi connectivity index (χ1n) is 4.98. The highest BCUT2D eigenvalue weighted by molar-refractivity contribution is 6.36. The standard InChI is InChI=1S/C11H13Cl2NO3/c1-6(15)14-5-9(16)11(17)10-7(12)3-2-4-8(10)13/h2-4,9,11,16-17H,5H2,1H3,(H,14,15). The summed E-state index contributed by atoms with van der Waals surface area (Å²) in [7, 11) is 0. The van der Waals surface area contributed by atoms with Crippen molar-refractivity contribution < 1.29 is 15.0 Å². The lowest BCUT2D eigenvalue weighted by molar-refractivity contribution is -0.119. The van der Waals surface area contributed by atoms with Crippen LogP contribution in [0.4, 0.5) is 0 Å².